The predicted octanol–water partition coefficient (Wildman–Crippen LogP) is 5.72. The molecule has 2 aromatic heterocycles. The number of hydrogen-bond acceptors (Lipinski definition) is 5. The first kappa shape index (κ1) is 25.0. The molecule has 170 valence electrons. The van der Waals surface area contributed by atoms with E-state index in [0.717, 1.165) is 40.5 Å². The highest BCUT2D eigenvalue weighted by Crippen LogP contribution is 2.31. The number of pyridine rings is 2. The highest BCUT2D eigenvalue weighted by atomic mass is 16.5. The molecule has 3 rings (SSSR count). The number of aromatic nitrogens is 2. The van der Waals surface area contributed by atoms with Crippen molar-refractivity contribution in [3.8, 4) is 0 Å². The van der Waals surface area contributed by atoms with E-state index in [-0.39, 0.29) is 17.8 Å². The van der Waals surface area contributed by atoms with Gasteiger partial charge in [-0.15, -0.1) is 0 Å². The molecule has 0 aliphatic heterocycles. The van der Waals surface area contributed by atoms with Crippen molar-refractivity contribution in [3.63, 3.8) is 0 Å². The summed E-state index contributed by atoms with van der Waals surface area (Å²) in [4.78, 5) is 32.7. The molecule has 0 aromatic carbocycles. The van der Waals surface area contributed by atoms with Gasteiger partial charge in [0.25, 0.3) is 0 Å². The molecule has 0 saturated heterocycles. The van der Waals surface area contributed by atoms with Crippen LogP contribution in [-0.2, 0) is 14.3 Å². The number of hydrogen-bond donors (Lipinski definition) is 1. The lowest BCUT2D eigenvalue weighted by Crippen LogP contribution is -2.14. The van der Waals surface area contributed by atoms with Crippen molar-refractivity contribution in [3.05, 3.63) is 60.1 Å². The summed E-state index contributed by atoms with van der Waals surface area (Å²) in [6, 6.07) is 3.80. The summed E-state index contributed by atoms with van der Waals surface area (Å²) in [6.45, 7) is 13.7. The molecular formula is C26H33N3O3. The fourth-order valence-corrected chi connectivity index (χ4v) is 3.21. The van der Waals surface area contributed by atoms with Crippen LogP contribution in [0.25, 0.3) is 16.3 Å². The van der Waals surface area contributed by atoms with Gasteiger partial charge >= 0.3 is 5.97 Å². The Morgan fingerprint density at radius 2 is 1.81 bits per heavy atom. The summed E-state index contributed by atoms with van der Waals surface area (Å²) in [6.07, 6.45) is 9.29. The molecule has 1 amide bonds. The summed E-state index contributed by atoms with van der Waals surface area (Å²) in [7, 11) is 1.37. The maximum absolute atomic E-state index is 11.9. The summed E-state index contributed by atoms with van der Waals surface area (Å²) in [5.74, 6) is -0.0208. The standard InChI is InChI=1S/C24H27N3O3.C2H6/c1-6-20(15(3)9-14(2)16(4)24(29)30-5)21-10-18-13-26-22(11-19(18)12-25-21)27-23(28)17-7-8-17;1-2/h6,9-13,16-17H,2,7-8H2,1,3-5H3,(H,26,27,28);1-2H3/b15-9-,20-6+;. The fourth-order valence-electron chi connectivity index (χ4n) is 3.21. The lowest BCUT2D eigenvalue weighted by Gasteiger charge is -2.13. The van der Waals surface area contributed by atoms with Crippen LogP contribution in [0.2, 0.25) is 0 Å². The van der Waals surface area contributed by atoms with Crippen LogP contribution in [-0.4, -0.2) is 29.0 Å². The van der Waals surface area contributed by atoms with Gasteiger partial charge in [-0.2, -0.15) is 0 Å². The average Bonchev–Trinajstić information content (AvgIpc) is 3.65. The van der Waals surface area contributed by atoms with Gasteiger partial charge in [0.05, 0.1) is 18.7 Å². The van der Waals surface area contributed by atoms with Crippen molar-refractivity contribution >= 4 is 34.0 Å². The Kier molecular flexibility index (Phi) is 8.88. The number of carbonyl (C=O) groups is 2. The first-order valence-electron chi connectivity index (χ1n) is 11.0. The van der Waals surface area contributed by atoms with E-state index in [2.05, 4.69) is 21.9 Å². The Balaban J connectivity index is 0.00000176. The lowest BCUT2D eigenvalue weighted by atomic mass is 9.96. The smallest absolute Gasteiger partial charge is 0.312 e. The molecule has 2 heterocycles. The predicted molar refractivity (Wildman–Crippen MR) is 130 cm³/mol. The number of anilines is 1. The fraction of sp³-hybridized carbons (Fsp3) is 0.385. The zero-order valence-corrected chi connectivity index (χ0v) is 19.9. The number of amides is 1. The molecule has 1 aliphatic carbocycles. The number of rotatable bonds is 7. The van der Waals surface area contributed by atoms with Gasteiger partial charge in [-0.25, -0.2) is 4.98 Å². The van der Waals surface area contributed by atoms with E-state index in [1.165, 1.54) is 7.11 Å². The SMILES string of the molecule is C=C(/C=C(C)\C(=C/C)c1cc2cnc(NC(=O)C3CC3)cc2cn1)C(C)C(=O)OC.CC. The molecule has 6 nitrogen and oxygen atoms in total. The van der Waals surface area contributed by atoms with Gasteiger partial charge in [-0.1, -0.05) is 32.6 Å². The minimum absolute atomic E-state index is 0.0322. The second kappa shape index (κ2) is 11.4. The molecule has 2 aromatic rings. The third kappa shape index (κ3) is 6.13. The number of carbonyl (C=O) groups excluding carboxylic acids is 2. The van der Waals surface area contributed by atoms with Gasteiger partial charge in [-0.05, 0) is 62.5 Å². The van der Waals surface area contributed by atoms with E-state index in [0.29, 0.717) is 11.4 Å². The second-order valence-electron chi connectivity index (χ2n) is 7.60. The van der Waals surface area contributed by atoms with Gasteiger partial charge < -0.3 is 10.1 Å². The Hall–Kier alpha value is -3.28. The Morgan fingerprint density at radius 3 is 2.41 bits per heavy atom. The summed E-state index contributed by atoms with van der Waals surface area (Å²) < 4.78 is 4.80. The lowest BCUT2D eigenvalue weighted by molar-refractivity contribution is -0.143. The Bertz CT molecular complexity index is 1070. The van der Waals surface area contributed by atoms with Gasteiger partial charge in [-0.3, -0.25) is 14.6 Å². The monoisotopic (exact) mass is 435 g/mol. The molecule has 1 fully saturated rings. The Labute approximate surface area is 190 Å². The van der Waals surface area contributed by atoms with E-state index in [4.69, 9.17) is 4.74 Å². The number of esters is 1. The third-order valence-corrected chi connectivity index (χ3v) is 5.30. The van der Waals surface area contributed by atoms with Crippen molar-refractivity contribution in [2.24, 2.45) is 11.8 Å². The summed E-state index contributed by atoms with van der Waals surface area (Å²) in [5, 5.41) is 4.70. The van der Waals surface area contributed by atoms with Crippen LogP contribution in [0.4, 0.5) is 5.82 Å². The molecule has 1 saturated carbocycles. The zero-order valence-electron chi connectivity index (χ0n) is 19.9. The van der Waals surface area contributed by atoms with E-state index < -0.39 is 5.92 Å². The van der Waals surface area contributed by atoms with E-state index in [1.54, 1.807) is 19.3 Å². The molecule has 1 N–H and O–H groups in total. The number of nitrogens with zero attached hydrogens (tertiary/aromatic N) is 2. The highest BCUT2D eigenvalue weighted by molar-refractivity contribution is 5.95. The quantitative estimate of drug-likeness (QED) is 0.444. The van der Waals surface area contributed by atoms with Crippen molar-refractivity contribution in [1.29, 1.82) is 0 Å². The van der Waals surface area contributed by atoms with Gasteiger partial charge in [0, 0.05) is 29.1 Å². The number of ether oxygens (including phenoxy) is 1. The molecular weight excluding hydrogens is 402 g/mol. The van der Waals surface area contributed by atoms with E-state index in [1.807, 2.05) is 52.0 Å². The minimum atomic E-state index is -0.416. The van der Waals surface area contributed by atoms with Crippen LogP contribution in [0, 0.1) is 11.8 Å². The van der Waals surface area contributed by atoms with Gasteiger partial charge in [0.2, 0.25) is 5.91 Å². The summed E-state index contributed by atoms with van der Waals surface area (Å²) >= 11 is 0. The van der Waals surface area contributed by atoms with Crippen LogP contribution >= 0.6 is 0 Å². The molecule has 6 heteroatoms. The van der Waals surface area contributed by atoms with Crippen molar-refractivity contribution in [2.45, 2.75) is 47.5 Å². The van der Waals surface area contributed by atoms with Crippen molar-refractivity contribution < 1.29 is 14.3 Å². The Morgan fingerprint density at radius 1 is 1.19 bits per heavy atom. The molecule has 1 aliphatic rings. The largest absolute Gasteiger partial charge is 0.469 e. The molecule has 0 spiro atoms. The first-order valence-corrected chi connectivity index (χ1v) is 11.0. The average molecular weight is 436 g/mol. The van der Waals surface area contributed by atoms with Crippen LogP contribution in [0.15, 0.2) is 54.4 Å². The molecule has 0 radical (unpaired) electrons. The maximum atomic E-state index is 11.9. The molecule has 32 heavy (non-hydrogen) atoms. The second-order valence-corrected chi connectivity index (χ2v) is 7.60. The van der Waals surface area contributed by atoms with Crippen molar-refractivity contribution in [1.82, 2.24) is 9.97 Å². The van der Waals surface area contributed by atoms with Crippen molar-refractivity contribution in [2.75, 3.05) is 12.4 Å². The summed E-state index contributed by atoms with van der Waals surface area (Å²) in [5.41, 5.74) is 3.37. The highest BCUT2D eigenvalue weighted by Gasteiger charge is 2.29. The zero-order chi connectivity index (χ0) is 23.8. The molecule has 1 unspecified atom stereocenters. The maximum Gasteiger partial charge on any atom is 0.312 e. The number of methoxy groups -OCH3 is 1. The first-order chi connectivity index (χ1) is 15.3. The minimum Gasteiger partial charge on any atom is -0.469 e. The normalized spacial score (nSPS) is 14.8. The third-order valence-electron chi connectivity index (χ3n) is 5.30. The number of fused-ring (bicyclic) bond motifs is 1. The van der Waals surface area contributed by atoms with Crippen LogP contribution < -0.4 is 5.32 Å². The van der Waals surface area contributed by atoms with E-state index in [9.17, 15) is 9.59 Å². The van der Waals surface area contributed by atoms with Crippen LogP contribution in [0.1, 0.15) is 53.2 Å². The van der Waals surface area contributed by atoms with E-state index >= 15 is 0 Å². The number of nitrogens with one attached hydrogen (secondary N) is 1. The van der Waals surface area contributed by atoms with Crippen LogP contribution in [0.3, 0.4) is 0 Å². The number of allylic oxidation sites excluding steroid dienone is 4. The molecule has 0 bridgehead atoms. The van der Waals surface area contributed by atoms with Crippen LogP contribution in [0.5, 0.6) is 0 Å². The molecule has 1 atom stereocenters. The topological polar surface area (TPSA) is 81.2 Å². The van der Waals surface area contributed by atoms with Gasteiger partial charge in [0.15, 0.2) is 0 Å². The van der Waals surface area contributed by atoms with Gasteiger partial charge in [0.1, 0.15) is 5.82 Å².